The Morgan fingerprint density at radius 3 is 2.48 bits per heavy atom. The van der Waals surface area contributed by atoms with Crippen LogP contribution in [0.2, 0.25) is 0 Å². The minimum atomic E-state index is 0.578. The summed E-state index contributed by atoms with van der Waals surface area (Å²) in [6.07, 6.45) is 12.9. The van der Waals surface area contributed by atoms with Gasteiger partial charge in [-0.05, 0) is 64.6 Å². The summed E-state index contributed by atoms with van der Waals surface area (Å²) in [7, 11) is 4.50. The Bertz CT molecular complexity index is 318. The minimum absolute atomic E-state index is 0.578. The first-order valence-corrected chi connectivity index (χ1v) is 9.29. The number of likely N-dealkylation sites (N-methyl/N-ethyl adjacent to an activating group) is 1. The van der Waals surface area contributed by atoms with E-state index in [4.69, 9.17) is 0 Å². The molecule has 0 spiro atoms. The first-order valence-electron chi connectivity index (χ1n) is 9.29. The van der Waals surface area contributed by atoms with Crippen LogP contribution in [0.3, 0.4) is 0 Å². The number of nitrogens with zero attached hydrogens (tertiary/aromatic N) is 2. The molecule has 1 N–H and O–H groups in total. The Hall–Kier alpha value is -0.120. The van der Waals surface area contributed by atoms with Crippen LogP contribution in [0.1, 0.15) is 57.8 Å². The Morgan fingerprint density at radius 2 is 1.81 bits per heavy atom. The van der Waals surface area contributed by atoms with Gasteiger partial charge in [0.15, 0.2) is 0 Å². The van der Waals surface area contributed by atoms with Crippen molar-refractivity contribution in [3.63, 3.8) is 0 Å². The molecular formula is C18H35N3. The van der Waals surface area contributed by atoms with Gasteiger partial charge in [0.1, 0.15) is 0 Å². The third-order valence-electron chi connectivity index (χ3n) is 6.03. The monoisotopic (exact) mass is 293 g/mol. The van der Waals surface area contributed by atoms with E-state index in [1.54, 1.807) is 0 Å². The first kappa shape index (κ1) is 15.8. The topological polar surface area (TPSA) is 18.5 Å². The third-order valence-corrected chi connectivity index (χ3v) is 6.03. The van der Waals surface area contributed by atoms with Gasteiger partial charge in [-0.2, -0.15) is 0 Å². The lowest BCUT2D eigenvalue weighted by atomic mass is 9.73. The molecule has 0 aromatic rings. The maximum absolute atomic E-state index is 3.85. The second kappa shape index (κ2) is 6.97. The summed E-state index contributed by atoms with van der Waals surface area (Å²) in [5.74, 6) is 0. The summed E-state index contributed by atoms with van der Waals surface area (Å²) in [6, 6.07) is 1.63. The lowest BCUT2D eigenvalue weighted by molar-refractivity contribution is 0.0612. The van der Waals surface area contributed by atoms with E-state index in [9.17, 15) is 0 Å². The predicted octanol–water partition coefficient (Wildman–Crippen LogP) is 2.71. The molecule has 0 bridgehead atoms. The van der Waals surface area contributed by atoms with Gasteiger partial charge in [-0.25, -0.2) is 0 Å². The molecule has 2 aliphatic carbocycles. The molecule has 0 aromatic carbocycles. The summed E-state index contributed by atoms with van der Waals surface area (Å²) in [5, 5.41) is 3.85. The Kier molecular flexibility index (Phi) is 5.23. The number of likely N-dealkylation sites (tertiary alicyclic amines) is 1. The molecule has 1 saturated heterocycles. The van der Waals surface area contributed by atoms with Crippen LogP contribution in [-0.2, 0) is 0 Å². The summed E-state index contributed by atoms with van der Waals surface area (Å²) in [5.41, 5.74) is 0.578. The molecule has 122 valence electrons. The summed E-state index contributed by atoms with van der Waals surface area (Å²) in [6.45, 7) is 5.24. The molecule has 3 heteroatoms. The molecule has 3 rings (SSSR count). The van der Waals surface area contributed by atoms with Crippen molar-refractivity contribution in [1.82, 2.24) is 15.1 Å². The normalized spacial score (nSPS) is 30.7. The number of hydrogen-bond acceptors (Lipinski definition) is 3. The van der Waals surface area contributed by atoms with E-state index >= 15 is 0 Å². The molecule has 2 saturated carbocycles. The van der Waals surface area contributed by atoms with Gasteiger partial charge >= 0.3 is 0 Å². The Balaban J connectivity index is 1.57. The number of piperidine rings is 1. The van der Waals surface area contributed by atoms with Crippen LogP contribution in [0, 0.1) is 5.41 Å². The van der Waals surface area contributed by atoms with E-state index < -0.39 is 0 Å². The smallest absolute Gasteiger partial charge is 0.0217 e. The van der Waals surface area contributed by atoms with Crippen molar-refractivity contribution < 1.29 is 0 Å². The van der Waals surface area contributed by atoms with Gasteiger partial charge in [0.2, 0.25) is 0 Å². The van der Waals surface area contributed by atoms with Gasteiger partial charge in [-0.15, -0.1) is 0 Å². The summed E-state index contributed by atoms with van der Waals surface area (Å²) in [4.78, 5) is 5.22. The summed E-state index contributed by atoms with van der Waals surface area (Å²) >= 11 is 0. The average molecular weight is 293 g/mol. The van der Waals surface area contributed by atoms with Crippen LogP contribution in [0.5, 0.6) is 0 Å². The fourth-order valence-electron chi connectivity index (χ4n) is 4.41. The molecule has 1 aliphatic heterocycles. The molecule has 3 nitrogen and oxygen atoms in total. The molecule has 0 amide bonds. The molecule has 3 aliphatic rings. The van der Waals surface area contributed by atoms with E-state index in [2.05, 4.69) is 29.2 Å². The van der Waals surface area contributed by atoms with Crippen molar-refractivity contribution in [1.29, 1.82) is 0 Å². The minimum Gasteiger partial charge on any atom is -0.313 e. The quantitative estimate of drug-likeness (QED) is 0.812. The highest BCUT2D eigenvalue weighted by Gasteiger charge is 2.36. The molecule has 1 heterocycles. The van der Waals surface area contributed by atoms with Crippen molar-refractivity contribution in [2.24, 2.45) is 5.41 Å². The van der Waals surface area contributed by atoms with Crippen LogP contribution in [0.4, 0.5) is 0 Å². The van der Waals surface area contributed by atoms with E-state index in [0.29, 0.717) is 5.41 Å². The maximum atomic E-state index is 3.85. The number of hydrogen-bond donors (Lipinski definition) is 1. The van der Waals surface area contributed by atoms with Crippen molar-refractivity contribution in [2.45, 2.75) is 69.9 Å². The van der Waals surface area contributed by atoms with Gasteiger partial charge < -0.3 is 15.1 Å². The molecular weight excluding hydrogens is 258 g/mol. The fourth-order valence-corrected chi connectivity index (χ4v) is 4.41. The van der Waals surface area contributed by atoms with E-state index in [-0.39, 0.29) is 0 Å². The molecule has 21 heavy (non-hydrogen) atoms. The van der Waals surface area contributed by atoms with Gasteiger partial charge in [-0.1, -0.05) is 19.3 Å². The zero-order valence-corrected chi connectivity index (χ0v) is 14.2. The third kappa shape index (κ3) is 4.43. The Morgan fingerprint density at radius 1 is 1.05 bits per heavy atom. The SMILES string of the molecule is CN(C)C1CCCN(CC2(CNC3CC3)CCCCC2)C1. The molecule has 0 radical (unpaired) electrons. The second-order valence-electron chi connectivity index (χ2n) is 8.21. The van der Waals surface area contributed by atoms with Crippen LogP contribution in [0.15, 0.2) is 0 Å². The zero-order chi connectivity index (χ0) is 14.7. The van der Waals surface area contributed by atoms with Crippen molar-refractivity contribution in [3.05, 3.63) is 0 Å². The lowest BCUT2D eigenvalue weighted by Crippen LogP contribution is -2.51. The molecule has 1 atom stereocenters. The highest BCUT2D eigenvalue weighted by atomic mass is 15.2. The summed E-state index contributed by atoms with van der Waals surface area (Å²) < 4.78 is 0. The van der Waals surface area contributed by atoms with Gasteiger partial charge in [0, 0.05) is 31.7 Å². The highest BCUT2D eigenvalue weighted by Crippen LogP contribution is 2.38. The van der Waals surface area contributed by atoms with E-state index in [0.717, 1.165) is 12.1 Å². The largest absolute Gasteiger partial charge is 0.313 e. The second-order valence-corrected chi connectivity index (χ2v) is 8.21. The van der Waals surface area contributed by atoms with Crippen molar-refractivity contribution in [2.75, 3.05) is 40.3 Å². The van der Waals surface area contributed by atoms with Crippen LogP contribution in [-0.4, -0.2) is 62.2 Å². The first-order chi connectivity index (χ1) is 10.2. The zero-order valence-electron chi connectivity index (χ0n) is 14.2. The average Bonchev–Trinajstić information content (AvgIpc) is 3.31. The highest BCUT2D eigenvalue weighted by molar-refractivity contribution is 4.92. The fraction of sp³-hybridized carbons (Fsp3) is 1.00. The van der Waals surface area contributed by atoms with Crippen molar-refractivity contribution >= 4 is 0 Å². The van der Waals surface area contributed by atoms with Crippen LogP contribution >= 0.6 is 0 Å². The molecule has 3 fully saturated rings. The molecule has 0 aromatic heterocycles. The Labute approximate surface area is 131 Å². The lowest BCUT2D eigenvalue weighted by Gasteiger charge is -2.44. The maximum Gasteiger partial charge on any atom is 0.0217 e. The van der Waals surface area contributed by atoms with Crippen LogP contribution < -0.4 is 5.32 Å². The number of rotatable bonds is 6. The van der Waals surface area contributed by atoms with Gasteiger partial charge in [-0.3, -0.25) is 0 Å². The molecule has 1 unspecified atom stereocenters. The van der Waals surface area contributed by atoms with Crippen molar-refractivity contribution in [3.8, 4) is 0 Å². The standard InChI is InChI=1S/C18H35N3/c1-20(2)17-7-6-12-21(13-17)15-18(10-4-3-5-11-18)14-19-16-8-9-16/h16-17,19H,3-15H2,1-2H3. The van der Waals surface area contributed by atoms with Gasteiger partial charge in [0.05, 0.1) is 0 Å². The predicted molar refractivity (Wildman–Crippen MR) is 89.7 cm³/mol. The number of nitrogens with one attached hydrogen (secondary N) is 1. The van der Waals surface area contributed by atoms with Crippen LogP contribution in [0.25, 0.3) is 0 Å². The van der Waals surface area contributed by atoms with E-state index in [1.165, 1.54) is 84.0 Å². The van der Waals surface area contributed by atoms with E-state index in [1.807, 2.05) is 0 Å². The van der Waals surface area contributed by atoms with Gasteiger partial charge in [0.25, 0.3) is 0 Å².